The Hall–Kier alpha value is -1.03. The van der Waals surface area contributed by atoms with Crippen molar-refractivity contribution in [1.29, 1.82) is 0 Å². The van der Waals surface area contributed by atoms with Crippen molar-refractivity contribution in [2.75, 3.05) is 18.0 Å². The maximum atomic E-state index is 10.9. The van der Waals surface area contributed by atoms with Crippen LogP contribution >= 0.6 is 15.9 Å². The second kappa shape index (κ2) is 3.77. The first-order valence-corrected chi connectivity index (χ1v) is 5.96. The van der Waals surface area contributed by atoms with Gasteiger partial charge in [0.05, 0.1) is 11.3 Å². The summed E-state index contributed by atoms with van der Waals surface area (Å²) in [5.74, 6) is -0.881. The molecule has 0 amide bonds. The Morgan fingerprint density at radius 1 is 1.44 bits per heavy atom. The molecule has 4 heteroatoms. The van der Waals surface area contributed by atoms with Gasteiger partial charge in [-0.15, -0.1) is 0 Å². The first-order chi connectivity index (χ1) is 7.39. The van der Waals surface area contributed by atoms with Gasteiger partial charge in [-0.25, -0.2) is 4.79 Å². The highest BCUT2D eigenvalue weighted by Crippen LogP contribution is 2.37. The molecule has 0 aliphatic carbocycles. The molecule has 1 aliphatic rings. The molecule has 0 saturated carbocycles. The molecule has 0 atom stereocenters. The molecule has 1 aromatic carbocycles. The lowest BCUT2D eigenvalue weighted by atomic mass is 9.84. The maximum absolute atomic E-state index is 10.9. The highest BCUT2D eigenvalue weighted by molar-refractivity contribution is 9.10. The minimum absolute atomic E-state index is 0.332. The van der Waals surface area contributed by atoms with Crippen molar-refractivity contribution in [1.82, 2.24) is 0 Å². The van der Waals surface area contributed by atoms with Gasteiger partial charge in [-0.1, -0.05) is 13.8 Å². The molecule has 1 aliphatic heterocycles. The minimum Gasteiger partial charge on any atom is -0.478 e. The van der Waals surface area contributed by atoms with Crippen LogP contribution in [0.1, 0.15) is 24.2 Å². The molecule has 0 bridgehead atoms. The van der Waals surface area contributed by atoms with Gasteiger partial charge in [0.2, 0.25) is 0 Å². The summed E-state index contributed by atoms with van der Waals surface area (Å²) in [5.41, 5.74) is 1.64. The van der Waals surface area contributed by atoms with Crippen LogP contribution in [0.2, 0.25) is 0 Å². The number of anilines is 1. The smallest absolute Gasteiger partial charge is 0.335 e. The lowest BCUT2D eigenvalue weighted by Crippen LogP contribution is -2.53. The SMILES string of the molecule is CC1(C)CN(c2cc(C(=O)O)ccc2Br)C1. The molecule has 3 nitrogen and oxygen atoms in total. The van der Waals surface area contributed by atoms with Gasteiger partial charge in [0.1, 0.15) is 0 Å². The summed E-state index contributed by atoms with van der Waals surface area (Å²) in [6, 6.07) is 5.13. The maximum Gasteiger partial charge on any atom is 0.335 e. The summed E-state index contributed by atoms with van der Waals surface area (Å²) in [5, 5.41) is 8.94. The van der Waals surface area contributed by atoms with Gasteiger partial charge in [0.15, 0.2) is 0 Å². The third kappa shape index (κ3) is 2.07. The number of benzene rings is 1. The second-order valence-corrected chi connectivity index (χ2v) is 5.85. The van der Waals surface area contributed by atoms with E-state index in [1.54, 1.807) is 18.2 Å². The molecule has 0 radical (unpaired) electrons. The lowest BCUT2D eigenvalue weighted by molar-refractivity contribution is 0.0697. The van der Waals surface area contributed by atoms with Gasteiger partial charge in [0, 0.05) is 17.6 Å². The third-order valence-electron chi connectivity index (χ3n) is 2.77. The highest BCUT2D eigenvalue weighted by atomic mass is 79.9. The first kappa shape index (κ1) is 11.5. The van der Waals surface area contributed by atoms with E-state index in [9.17, 15) is 4.79 Å². The Balaban J connectivity index is 2.27. The normalized spacial score (nSPS) is 18.1. The summed E-state index contributed by atoms with van der Waals surface area (Å²) >= 11 is 3.46. The van der Waals surface area contributed by atoms with Crippen LogP contribution < -0.4 is 4.90 Å². The number of carboxylic acids is 1. The van der Waals surface area contributed by atoms with E-state index in [1.807, 2.05) is 0 Å². The molecule has 1 fully saturated rings. The van der Waals surface area contributed by atoms with Crippen molar-refractivity contribution in [3.8, 4) is 0 Å². The molecule has 0 spiro atoms. The molecule has 0 unspecified atom stereocenters. The van der Waals surface area contributed by atoms with Crippen LogP contribution in [0.5, 0.6) is 0 Å². The molecule has 1 saturated heterocycles. The van der Waals surface area contributed by atoms with Crippen LogP contribution in [0.25, 0.3) is 0 Å². The van der Waals surface area contributed by atoms with Gasteiger partial charge in [-0.05, 0) is 39.5 Å². The van der Waals surface area contributed by atoms with Crippen molar-refractivity contribution >= 4 is 27.6 Å². The number of halogens is 1. The number of hydrogen-bond donors (Lipinski definition) is 1. The predicted molar refractivity (Wildman–Crippen MR) is 67.1 cm³/mol. The highest BCUT2D eigenvalue weighted by Gasteiger charge is 2.35. The zero-order valence-corrected chi connectivity index (χ0v) is 10.9. The summed E-state index contributed by atoms with van der Waals surface area (Å²) in [6.45, 7) is 6.35. The van der Waals surface area contributed by atoms with E-state index in [4.69, 9.17) is 5.11 Å². The quantitative estimate of drug-likeness (QED) is 0.907. The molecular formula is C12H14BrNO2. The Morgan fingerprint density at radius 2 is 2.06 bits per heavy atom. The Kier molecular flexibility index (Phi) is 2.70. The van der Waals surface area contributed by atoms with Crippen molar-refractivity contribution in [3.05, 3.63) is 28.2 Å². The van der Waals surface area contributed by atoms with Crippen molar-refractivity contribution in [2.45, 2.75) is 13.8 Å². The number of rotatable bonds is 2. The van der Waals surface area contributed by atoms with E-state index in [-0.39, 0.29) is 0 Å². The van der Waals surface area contributed by atoms with Gasteiger partial charge >= 0.3 is 5.97 Å². The minimum atomic E-state index is -0.881. The molecule has 86 valence electrons. The zero-order chi connectivity index (χ0) is 11.9. The number of aromatic carboxylic acids is 1. The second-order valence-electron chi connectivity index (χ2n) is 4.99. The first-order valence-electron chi connectivity index (χ1n) is 5.17. The molecular weight excluding hydrogens is 270 g/mol. The van der Waals surface area contributed by atoms with E-state index in [1.165, 1.54) is 0 Å². The topological polar surface area (TPSA) is 40.5 Å². The number of carboxylic acid groups (broad SMARTS) is 1. The molecule has 0 aromatic heterocycles. The van der Waals surface area contributed by atoms with E-state index in [0.717, 1.165) is 23.2 Å². The summed E-state index contributed by atoms with van der Waals surface area (Å²) in [4.78, 5) is 13.1. The van der Waals surface area contributed by atoms with Gasteiger partial charge < -0.3 is 10.0 Å². The Morgan fingerprint density at radius 3 is 2.56 bits per heavy atom. The molecule has 16 heavy (non-hydrogen) atoms. The fourth-order valence-corrected chi connectivity index (χ4v) is 2.54. The Labute approximate surface area is 103 Å². The largest absolute Gasteiger partial charge is 0.478 e. The molecule has 1 heterocycles. The van der Waals surface area contributed by atoms with Crippen LogP contribution in [0, 0.1) is 5.41 Å². The Bertz CT molecular complexity index is 435. The van der Waals surface area contributed by atoms with Crippen LogP contribution in [-0.4, -0.2) is 24.2 Å². The van der Waals surface area contributed by atoms with Crippen molar-refractivity contribution < 1.29 is 9.90 Å². The van der Waals surface area contributed by atoms with Gasteiger partial charge in [-0.3, -0.25) is 0 Å². The monoisotopic (exact) mass is 283 g/mol. The predicted octanol–water partition coefficient (Wildman–Crippen LogP) is 2.99. The van der Waals surface area contributed by atoms with Gasteiger partial charge in [-0.2, -0.15) is 0 Å². The number of hydrogen-bond acceptors (Lipinski definition) is 2. The lowest BCUT2D eigenvalue weighted by Gasteiger charge is -2.47. The number of carbonyl (C=O) groups is 1. The molecule has 1 N–H and O–H groups in total. The number of nitrogens with zero attached hydrogens (tertiary/aromatic N) is 1. The fourth-order valence-electron chi connectivity index (χ4n) is 2.05. The van der Waals surface area contributed by atoms with Crippen LogP contribution in [0.4, 0.5) is 5.69 Å². The van der Waals surface area contributed by atoms with Crippen LogP contribution in [0.3, 0.4) is 0 Å². The summed E-state index contributed by atoms with van der Waals surface area (Å²) in [6.07, 6.45) is 0. The van der Waals surface area contributed by atoms with Crippen molar-refractivity contribution in [3.63, 3.8) is 0 Å². The zero-order valence-electron chi connectivity index (χ0n) is 9.33. The molecule has 1 aromatic rings. The third-order valence-corrected chi connectivity index (χ3v) is 3.44. The van der Waals surface area contributed by atoms with Gasteiger partial charge in [0.25, 0.3) is 0 Å². The summed E-state index contributed by atoms with van der Waals surface area (Å²) in [7, 11) is 0. The van der Waals surface area contributed by atoms with E-state index < -0.39 is 5.97 Å². The van der Waals surface area contributed by atoms with E-state index in [2.05, 4.69) is 34.7 Å². The average Bonchev–Trinajstić information content (AvgIpc) is 2.14. The molecule has 2 rings (SSSR count). The summed E-state index contributed by atoms with van der Waals surface area (Å²) < 4.78 is 0.952. The fraction of sp³-hybridized carbons (Fsp3) is 0.417. The van der Waals surface area contributed by atoms with E-state index >= 15 is 0 Å². The van der Waals surface area contributed by atoms with Crippen molar-refractivity contribution in [2.24, 2.45) is 5.41 Å². The standard InChI is InChI=1S/C12H14BrNO2/c1-12(2)6-14(7-12)10-5-8(11(15)16)3-4-9(10)13/h3-5H,6-7H2,1-2H3,(H,15,16). The van der Waals surface area contributed by atoms with E-state index in [0.29, 0.717) is 11.0 Å². The average molecular weight is 284 g/mol. The van der Waals surface area contributed by atoms with Crippen LogP contribution in [-0.2, 0) is 0 Å². The van der Waals surface area contributed by atoms with Crippen LogP contribution in [0.15, 0.2) is 22.7 Å².